The summed E-state index contributed by atoms with van der Waals surface area (Å²) in [6.45, 7) is 7.64. The number of piperidine rings is 1. The van der Waals surface area contributed by atoms with Crippen LogP contribution in [-0.4, -0.2) is 59.4 Å². The fraction of sp³-hybridized carbons (Fsp3) is 0.571. The highest BCUT2D eigenvalue weighted by molar-refractivity contribution is 7.09. The lowest BCUT2D eigenvalue weighted by Gasteiger charge is -2.52. The second-order valence-corrected chi connectivity index (χ2v) is 11.3. The molecule has 1 atom stereocenters. The van der Waals surface area contributed by atoms with Crippen molar-refractivity contribution in [3.05, 3.63) is 58.3 Å². The summed E-state index contributed by atoms with van der Waals surface area (Å²) >= 11 is 1.72. The third-order valence-corrected chi connectivity index (χ3v) is 8.33. The van der Waals surface area contributed by atoms with Crippen molar-refractivity contribution in [3.63, 3.8) is 0 Å². The zero-order chi connectivity index (χ0) is 24.0. The van der Waals surface area contributed by atoms with Gasteiger partial charge in [0.05, 0.1) is 0 Å². The Balaban J connectivity index is 1.36. The van der Waals surface area contributed by atoms with E-state index >= 15 is 0 Å². The van der Waals surface area contributed by atoms with Gasteiger partial charge in [0.25, 0.3) is 0 Å². The van der Waals surface area contributed by atoms with Gasteiger partial charge >= 0.3 is 0 Å². The molecule has 2 aliphatic heterocycles. The van der Waals surface area contributed by atoms with E-state index in [9.17, 15) is 9.59 Å². The molecular weight excluding hydrogens is 442 g/mol. The molecule has 0 saturated carbocycles. The van der Waals surface area contributed by atoms with Gasteiger partial charge in [-0.2, -0.15) is 0 Å². The Labute approximate surface area is 208 Å². The minimum Gasteiger partial charge on any atom is -0.342 e. The van der Waals surface area contributed by atoms with Gasteiger partial charge in [0.2, 0.25) is 11.8 Å². The molecule has 184 valence electrons. The number of thiophene rings is 1. The fourth-order valence-electron chi connectivity index (χ4n) is 5.46. The number of aryl methyl sites for hydroxylation is 1. The normalized spacial score (nSPS) is 20.8. The first-order valence-corrected chi connectivity index (χ1v) is 13.8. The Morgan fingerprint density at radius 3 is 2.44 bits per heavy atom. The minimum absolute atomic E-state index is 0.0626. The summed E-state index contributed by atoms with van der Waals surface area (Å²) in [6, 6.07) is 14.4. The molecule has 2 fully saturated rings. The second-order valence-electron chi connectivity index (χ2n) is 10.3. The van der Waals surface area contributed by atoms with Gasteiger partial charge in [-0.25, -0.2) is 0 Å². The summed E-state index contributed by atoms with van der Waals surface area (Å²) in [6.07, 6.45) is 6.41. The Hall–Kier alpha value is -2.18. The predicted octanol–water partition coefficient (Wildman–Crippen LogP) is 4.52. The van der Waals surface area contributed by atoms with Gasteiger partial charge in [0.15, 0.2) is 0 Å². The van der Waals surface area contributed by atoms with Gasteiger partial charge in [-0.05, 0) is 74.4 Å². The SMILES string of the molecule is CC(C)C[C@@H]1NC(=O)C2(CCN(CCCCc3ccccc3)CC2)N(CCc2cccs2)C1=O. The molecule has 5 nitrogen and oxygen atoms in total. The maximum absolute atomic E-state index is 13.6. The number of nitrogens with zero attached hydrogens (tertiary/aromatic N) is 2. The van der Waals surface area contributed by atoms with Crippen molar-refractivity contribution in [2.45, 2.75) is 70.4 Å². The highest BCUT2D eigenvalue weighted by Crippen LogP contribution is 2.34. The maximum atomic E-state index is 13.6. The van der Waals surface area contributed by atoms with Gasteiger partial charge in [0.1, 0.15) is 11.6 Å². The van der Waals surface area contributed by atoms with Crippen LogP contribution in [0.15, 0.2) is 47.8 Å². The van der Waals surface area contributed by atoms with Crippen LogP contribution in [0.1, 0.15) is 56.4 Å². The van der Waals surface area contributed by atoms with Gasteiger partial charge in [-0.3, -0.25) is 9.59 Å². The van der Waals surface area contributed by atoms with Crippen LogP contribution in [-0.2, 0) is 22.4 Å². The van der Waals surface area contributed by atoms with Crippen LogP contribution in [0.25, 0.3) is 0 Å². The monoisotopic (exact) mass is 481 g/mol. The van der Waals surface area contributed by atoms with Crippen LogP contribution in [0.4, 0.5) is 0 Å². The molecule has 0 unspecified atom stereocenters. The van der Waals surface area contributed by atoms with Crippen LogP contribution < -0.4 is 5.32 Å². The van der Waals surface area contributed by atoms with Crippen molar-refractivity contribution in [1.29, 1.82) is 0 Å². The minimum atomic E-state index is -0.692. The summed E-state index contributed by atoms with van der Waals surface area (Å²) in [7, 11) is 0. The number of unbranched alkanes of at least 4 members (excludes halogenated alkanes) is 1. The topological polar surface area (TPSA) is 52.7 Å². The number of hydrogen-bond acceptors (Lipinski definition) is 4. The highest BCUT2D eigenvalue weighted by Gasteiger charge is 2.53. The molecule has 6 heteroatoms. The van der Waals surface area contributed by atoms with Gasteiger partial charge in [0, 0.05) is 24.5 Å². The number of benzene rings is 1. The average molecular weight is 482 g/mol. The number of amides is 2. The Kier molecular flexibility index (Phi) is 8.43. The summed E-state index contributed by atoms with van der Waals surface area (Å²) in [5, 5.41) is 5.20. The van der Waals surface area contributed by atoms with E-state index in [0.29, 0.717) is 18.9 Å². The molecule has 0 bridgehead atoms. The Morgan fingerprint density at radius 2 is 1.76 bits per heavy atom. The van der Waals surface area contributed by atoms with E-state index in [0.717, 1.165) is 51.7 Å². The van der Waals surface area contributed by atoms with E-state index in [1.165, 1.54) is 16.9 Å². The van der Waals surface area contributed by atoms with E-state index in [-0.39, 0.29) is 11.8 Å². The highest BCUT2D eigenvalue weighted by atomic mass is 32.1. The number of rotatable bonds is 10. The molecule has 1 aromatic carbocycles. The van der Waals surface area contributed by atoms with E-state index in [1.807, 2.05) is 4.90 Å². The van der Waals surface area contributed by atoms with Crippen molar-refractivity contribution in [1.82, 2.24) is 15.1 Å². The zero-order valence-electron chi connectivity index (χ0n) is 20.7. The number of carbonyl (C=O) groups excluding carboxylic acids is 2. The Bertz CT molecular complexity index is 920. The van der Waals surface area contributed by atoms with E-state index in [2.05, 4.69) is 71.9 Å². The second kappa shape index (κ2) is 11.5. The van der Waals surface area contributed by atoms with Crippen LogP contribution in [0.5, 0.6) is 0 Å². The smallest absolute Gasteiger partial charge is 0.246 e. The van der Waals surface area contributed by atoms with Crippen molar-refractivity contribution >= 4 is 23.2 Å². The first kappa shape index (κ1) is 24.9. The molecule has 0 radical (unpaired) electrons. The van der Waals surface area contributed by atoms with Crippen LogP contribution >= 0.6 is 11.3 Å². The lowest BCUT2D eigenvalue weighted by atomic mass is 9.80. The molecule has 34 heavy (non-hydrogen) atoms. The van der Waals surface area contributed by atoms with Crippen molar-refractivity contribution in [3.8, 4) is 0 Å². The molecule has 3 heterocycles. The molecule has 2 amide bonds. The van der Waals surface area contributed by atoms with E-state index in [4.69, 9.17) is 0 Å². The van der Waals surface area contributed by atoms with Crippen LogP contribution in [0.2, 0.25) is 0 Å². The van der Waals surface area contributed by atoms with Gasteiger partial charge in [-0.1, -0.05) is 50.2 Å². The summed E-state index contributed by atoms with van der Waals surface area (Å²) in [5.74, 6) is 0.536. The summed E-state index contributed by atoms with van der Waals surface area (Å²) < 4.78 is 0. The number of likely N-dealkylation sites (tertiary alicyclic amines) is 1. The summed E-state index contributed by atoms with van der Waals surface area (Å²) in [5.41, 5.74) is 0.706. The number of nitrogens with one attached hydrogen (secondary N) is 1. The Morgan fingerprint density at radius 1 is 1.00 bits per heavy atom. The van der Waals surface area contributed by atoms with E-state index < -0.39 is 11.6 Å². The van der Waals surface area contributed by atoms with Crippen molar-refractivity contribution in [2.24, 2.45) is 5.92 Å². The first-order chi connectivity index (χ1) is 16.5. The molecule has 4 rings (SSSR count). The third kappa shape index (κ3) is 5.89. The van der Waals surface area contributed by atoms with E-state index in [1.54, 1.807) is 11.3 Å². The molecule has 2 aliphatic rings. The quantitative estimate of drug-likeness (QED) is 0.508. The first-order valence-electron chi connectivity index (χ1n) is 12.9. The molecule has 1 spiro atoms. The molecule has 1 N–H and O–H groups in total. The average Bonchev–Trinajstić information content (AvgIpc) is 3.35. The molecule has 2 aromatic rings. The van der Waals surface area contributed by atoms with Crippen molar-refractivity contribution in [2.75, 3.05) is 26.2 Å². The van der Waals surface area contributed by atoms with Crippen LogP contribution in [0.3, 0.4) is 0 Å². The summed E-state index contributed by atoms with van der Waals surface area (Å²) in [4.78, 5) is 32.8. The molecule has 1 aromatic heterocycles. The molecule has 0 aliphatic carbocycles. The molecule has 2 saturated heterocycles. The lowest BCUT2D eigenvalue weighted by molar-refractivity contribution is -0.161. The van der Waals surface area contributed by atoms with Crippen molar-refractivity contribution < 1.29 is 9.59 Å². The fourth-order valence-corrected chi connectivity index (χ4v) is 6.16. The third-order valence-electron chi connectivity index (χ3n) is 7.39. The predicted molar refractivity (Wildman–Crippen MR) is 139 cm³/mol. The molecular formula is C28H39N3O2S. The number of piperazine rings is 1. The lowest BCUT2D eigenvalue weighted by Crippen LogP contribution is -2.73. The standard InChI is InChI=1S/C28H39N3O2S/c1-22(2)21-25-26(32)31(17-13-24-12-8-20-34-24)28(27(33)29-25)14-18-30(19-15-28)16-7-6-11-23-9-4-3-5-10-23/h3-5,8-10,12,20,22,25H,6-7,11,13-19,21H2,1-2H3,(H,29,33)/t25-/m0/s1. The number of hydrogen-bond donors (Lipinski definition) is 1. The largest absolute Gasteiger partial charge is 0.342 e. The van der Waals surface area contributed by atoms with Crippen LogP contribution in [0, 0.1) is 5.92 Å². The van der Waals surface area contributed by atoms with Gasteiger partial charge in [-0.15, -0.1) is 11.3 Å². The number of carbonyl (C=O) groups is 2. The van der Waals surface area contributed by atoms with Gasteiger partial charge < -0.3 is 15.1 Å². The zero-order valence-corrected chi connectivity index (χ0v) is 21.5. The maximum Gasteiger partial charge on any atom is 0.246 e.